The summed E-state index contributed by atoms with van der Waals surface area (Å²) in [5, 5.41) is 19.9. The van der Waals surface area contributed by atoms with E-state index >= 15 is 0 Å². The number of aliphatic hydroxyl groups excluding tert-OH is 1. The van der Waals surface area contributed by atoms with Crippen LogP contribution in [0.2, 0.25) is 0 Å². The Balaban J connectivity index is 3.11. The third-order valence-corrected chi connectivity index (χ3v) is 7.27. The number of ether oxygens (including phenoxy) is 1. The Morgan fingerprint density at radius 3 is 2.09 bits per heavy atom. The molecule has 0 spiro atoms. The first-order chi connectivity index (χ1) is 21.4. The van der Waals surface area contributed by atoms with Gasteiger partial charge in [-0.2, -0.15) is 0 Å². The average Bonchev–Trinajstić information content (AvgIpc) is 2.95. The Morgan fingerprint density at radius 1 is 0.978 bits per heavy atom. The number of hydrogen-bond donors (Lipinski definition) is 5. The van der Waals surface area contributed by atoms with Crippen LogP contribution < -0.4 is 21.7 Å². The molecule has 0 aliphatic heterocycles. The third kappa shape index (κ3) is 14.4. The topological polar surface area (TPSA) is 180 Å². The van der Waals surface area contributed by atoms with Crippen molar-refractivity contribution in [3.63, 3.8) is 0 Å². The van der Waals surface area contributed by atoms with Crippen molar-refractivity contribution < 1.29 is 33.8 Å². The molecule has 258 valence electrons. The van der Waals surface area contributed by atoms with Gasteiger partial charge in [0.15, 0.2) is 0 Å². The number of allylic oxidation sites excluding steroid dienone is 1. The molecule has 0 aliphatic carbocycles. The number of carbonyl (C=O) groups is 5. The first-order valence-corrected chi connectivity index (χ1v) is 15.8. The maximum atomic E-state index is 13.5. The van der Waals surface area contributed by atoms with Crippen molar-refractivity contribution in [3.05, 3.63) is 48.6 Å². The van der Waals surface area contributed by atoms with Gasteiger partial charge in [-0.05, 0) is 57.4 Å². The van der Waals surface area contributed by atoms with Crippen LogP contribution in [0.5, 0.6) is 0 Å². The first kappa shape index (κ1) is 40.1. The number of nitrogens with one attached hydrogen (secondary N) is 3. The van der Waals surface area contributed by atoms with E-state index in [9.17, 15) is 29.1 Å². The van der Waals surface area contributed by atoms with Crippen molar-refractivity contribution in [2.24, 2.45) is 23.5 Å². The van der Waals surface area contributed by atoms with Gasteiger partial charge >= 0.3 is 6.09 Å². The Bertz CT molecular complexity index is 1170. The zero-order valence-corrected chi connectivity index (χ0v) is 28.7. The molecule has 1 rings (SSSR count). The summed E-state index contributed by atoms with van der Waals surface area (Å²) >= 11 is 0. The van der Waals surface area contributed by atoms with Gasteiger partial charge in [-0.3, -0.25) is 24.1 Å². The predicted molar refractivity (Wildman–Crippen MR) is 177 cm³/mol. The number of nitrogens with zero attached hydrogens (tertiary/aromatic N) is 1. The zero-order valence-electron chi connectivity index (χ0n) is 28.7. The third-order valence-electron chi connectivity index (χ3n) is 7.27. The van der Waals surface area contributed by atoms with Crippen molar-refractivity contribution in [1.29, 1.82) is 0 Å². The number of amides is 5. The Hall–Kier alpha value is -3.93. The van der Waals surface area contributed by atoms with Gasteiger partial charge in [0.1, 0.15) is 17.7 Å². The highest BCUT2D eigenvalue weighted by molar-refractivity contribution is 5.91. The molecule has 0 bridgehead atoms. The molecule has 0 saturated carbocycles. The lowest BCUT2D eigenvalue weighted by Crippen LogP contribution is -2.55. The quantitative estimate of drug-likeness (QED) is 0.152. The number of likely N-dealkylation sites (N-methyl/N-ethyl adjacent to an activating group) is 1. The van der Waals surface area contributed by atoms with Gasteiger partial charge in [0.2, 0.25) is 23.6 Å². The smallest absolute Gasteiger partial charge is 0.410 e. The van der Waals surface area contributed by atoms with E-state index in [1.165, 1.54) is 7.05 Å². The molecule has 0 aromatic heterocycles. The summed E-state index contributed by atoms with van der Waals surface area (Å²) in [5.74, 6) is -3.20. The molecule has 46 heavy (non-hydrogen) atoms. The molecule has 0 aliphatic rings. The normalized spacial score (nSPS) is 14.8. The van der Waals surface area contributed by atoms with Gasteiger partial charge in [0.25, 0.3) is 0 Å². The first-order valence-electron chi connectivity index (χ1n) is 15.8. The molecule has 1 aromatic carbocycles. The molecule has 0 unspecified atom stereocenters. The van der Waals surface area contributed by atoms with Crippen LogP contribution in [0, 0.1) is 17.8 Å². The molecule has 5 amide bonds. The van der Waals surface area contributed by atoms with Gasteiger partial charge in [0.05, 0.1) is 18.6 Å². The van der Waals surface area contributed by atoms with Crippen LogP contribution in [0.15, 0.2) is 43.0 Å². The lowest BCUT2D eigenvalue weighted by molar-refractivity contribution is -0.133. The van der Waals surface area contributed by atoms with Crippen molar-refractivity contribution >= 4 is 29.7 Å². The van der Waals surface area contributed by atoms with E-state index in [2.05, 4.69) is 22.5 Å². The van der Waals surface area contributed by atoms with Gasteiger partial charge in [0, 0.05) is 19.5 Å². The molecule has 12 heteroatoms. The molecule has 0 saturated heterocycles. The largest absolute Gasteiger partial charge is 0.444 e. The summed E-state index contributed by atoms with van der Waals surface area (Å²) in [5.41, 5.74) is 5.48. The van der Waals surface area contributed by atoms with Crippen LogP contribution in [0.25, 0.3) is 0 Å². The molecule has 0 radical (unpaired) electrons. The molecule has 0 heterocycles. The van der Waals surface area contributed by atoms with Gasteiger partial charge < -0.3 is 31.5 Å². The van der Waals surface area contributed by atoms with E-state index in [1.54, 1.807) is 26.8 Å². The summed E-state index contributed by atoms with van der Waals surface area (Å²) < 4.78 is 5.36. The molecule has 0 fully saturated rings. The number of primary amides is 1. The Kier molecular flexibility index (Phi) is 16.5. The van der Waals surface area contributed by atoms with Gasteiger partial charge in [-0.1, -0.05) is 64.1 Å². The van der Waals surface area contributed by atoms with E-state index < -0.39 is 66.0 Å². The minimum Gasteiger partial charge on any atom is -0.444 e. The molecule has 5 atom stereocenters. The molecular formula is C34H55N5O7. The lowest BCUT2D eigenvalue weighted by atomic mass is 9.89. The second-order valence-electron chi connectivity index (χ2n) is 13.5. The Labute approximate surface area is 273 Å². The SMILES string of the molecule is C=CC[C@H](C[C@H](O)[C@H](CC(C)C)NC(=O)[C@H](CC(N)=O)N(C)C(=O)OC(C)(C)C)C(=O)N[C@H](C(=O)NCc1ccccc1)C(C)C. The van der Waals surface area contributed by atoms with Crippen LogP contribution >= 0.6 is 0 Å². The highest BCUT2D eigenvalue weighted by atomic mass is 16.6. The maximum Gasteiger partial charge on any atom is 0.410 e. The van der Waals surface area contributed by atoms with Crippen molar-refractivity contribution in [3.8, 4) is 0 Å². The minimum absolute atomic E-state index is 0.0310. The minimum atomic E-state index is -1.29. The standard InChI is InChI=1S/C34H55N5O7/c1-10-14-24(30(42)38-29(22(4)5)32(44)36-20-23-15-12-11-13-16-23)18-27(40)25(17-21(2)3)37-31(43)26(19-28(35)41)39(9)33(45)46-34(6,7)8/h10-13,15-16,21-22,24-27,29,40H,1,14,17-20H2,2-9H3,(H2,35,41)(H,36,44)(H,37,43)(H,38,42)/t24-,25+,26+,27+,29+/m1/s1. The lowest BCUT2D eigenvalue weighted by Gasteiger charge is -2.33. The van der Waals surface area contributed by atoms with Crippen LogP contribution in [-0.4, -0.2) is 76.6 Å². The Morgan fingerprint density at radius 2 is 1.59 bits per heavy atom. The van der Waals surface area contributed by atoms with Crippen LogP contribution in [0.4, 0.5) is 4.79 Å². The molecular weight excluding hydrogens is 590 g/mol. The average molecular weight is 646 g/mol. The monoisotopic (exact) mass is 645 g/mol. The van der Waals surface area contributed by atoms with Crippen LogP contribution in [-0.2, 0) is 30.5 Å². The fraction of sp³-hybridized carbons (Fsp3) is 0.618. The molecule has 12 nitrogen and oxygen atoms in total. The number of benzene rings is 1. The second-order valence-corrected chi connectivity index (χ2v) is 13.5. The number of carbonyl (C=O) groups excluding carboxylic acids is 5. The number of nitrogens with two attached hydrogens (primary N) is 1. The zero-order chi connectivity index (χ0) is 35.2. The summed E-state index contributed by atoms with van der Waals surface area (Å²) in [7, 11) is 1.33. The van der Waals surface area contributed by atoms with E-state index in [0.29, 0.717) is 13.0 Å². The van der Waals surface area contributed by atoms with E-state index in [0.717, 1.165) is 10.5 Å². The van der Waals surface area contributed by atoms with E-state index in [-0.39, 0.29) is 30.6 Å². The van der Waals surface area contributed by atoms with Crippen molar-refractivity contribution in [2.75, 3.05) is 7.05 Å². The summed E-state index contributed by atoms with van der Waals surface area (Å²) in [6.45, 7) is 16.6. The summed E-state index contributed by atoms with van der Waals surface area (Å²) in [4.78, 5) is 65.6. The van der Waals surface area contributed by atoms with Crippen molar-refractivity contribution in [2.45, 2.75) is 111 Å². The predicted octanol–water partition coefficient (Wildman–Crippen LogP) is 3.03. The van der Waals surface area contributed by atoms with Crippen LogP contribution in [0.1, 0.15) is 79.7 Å². The van der Waals surface area contributed by atoms with E-state index in [4.69, 9.17) is 10.5 Å². The van der Waals surface area contributed by atoms with Crippen LogP contribution in [0.3, 0.4) is 0 Å². The number of aliphatic hydroxyl groups is 1. The fourth-order valence-electron chi connectivity index (χ4n) is 4.82. The highest BCUT2D eigenvalue weighted by Gasteiger charge is 2.35. The van der Waals surface area contributed by atoms with Crippen molar-refractivity contribution in [1.82, 2.24) is 20.9 Å². The number of rotatable bonds is 18. The summed E-state index contributed by atoms with van der Waals surface area (Å²) in [6.07, 6.45) is -0.396. The van der Waals surface area contributed by atoms with Gasteiger partial charge in [-0.25, -0.2) is 4.79 Å². The second kappa shape index (κ2) is 18.9. The fourth-order valence-corrected chi connectivity index (χ4v) is 4.82. The maximum absolute atomic E-state index is 13.5. The number of hydrogen-bond acceptors (Lipinski definition) is 7. The molecule has 1 aromatic rings. The van der Waals surface area contributed by atoms with Gasteiger partial charge in [-0.15, -0.1) is 6.58 Å². The summed E-state index contributed by atoms with van der Waals surface area (Å²) in [6, 6.07) is 6.49. The van der Waals surface area contributed by atoms with E-state index in [1.807, 2.05) is 58.0 Å². The highest BCUT2D eigenvalue weighted by Crippen LogP contribution is 2.20. The molecule has 6 N–H and O–H groups in total.